The van der Waals surface area contributed by atoms with Crippen LogP contribution in [0.5, 0.6) is 0 Å². The van der Waals surface area contributed by atoms with Crippen LogP contribution in [0.15, 0.2) is 60.7 Å². The largest absolute Gasteiger partial charge is 1.00 e. The third kappa shape index (κ3) is 3.83. The van der Waals surface area contributed by atoms with Gasteiger partial charge in [-0.1, -0.05) is 66.2 Å². The fourth-order valence-electron chi connectivity index (χ4n) is 1.30. The minimum Gasteiger partial charge on any atom is -0.681 e. The number of nitrogens with zero attached hydrogens (tertiary/aromatic N) is 1. The first-order valence-electron chi connectivity index (χ1n) is 4.71. The Balaban J connectivity index is 0.00000112. The summed E-state index contributed by atoms with van der Waals surface area (Å²) in [4.78, 5) is 0. The van der Waals surface area contributed by atoms with E-state index in [0.29, 0.717) is 0 Å². The van der Waals surface area contributed by atoms with E-state index in [-0.39, 0.29) is 18.9 Å². The number of para-hydroxylation sites is 1. The second-order valence-corrected chi connectivity index (χ2v) is 3.14. The molecule has 0 aromatic heterocycles. The van der Waals surface area contributed by atoms with E-state index in [9.17, 15) is 0 Å². The maximum Gasteiger partial charge on any atom is 1.00 e. The maximum atomic E-state index is 4.48. The summed E-state index contributed by atoms with van der Waals surface area (Å²) < 4.78 is 0. The van der Waals surface area contributed by atoms with Gasteiger partial charge in [0.2, 0.25) is 0 Å². The molecular formula is C13H12LiN. The van der Waals surface area contributed by atoms with Crippen LogP contribution in [0.2, 0.25) is 0 Å². The van der Waals surface area contributed by atoms with Gasteiger partial charge in [0.05, 0.1) is 0 Å². The molecule has 0 radical (unpaired) electrons. The summed E-state index contributed by atoms with van der Waals surface area (Å²) in [5.74, 6) is 0. The van der Waals surface area contributed by atoms with Crippen LogP contribution in [0, 0.1) is 0 Å². The van der Waals surface area contributed by atoms with Gasteiger partial charge in [-0.15, -0.1) is 12.2 Å². The van der Waals surface area contributed by atoms with Crippen LogP contribution in [0.25, 0.3) is 5.32 Å². The summed E-state index contributed by atoms with van der Waals surface area (Å²) in [7, 11) is 0. The van der Waals surface area contributed by atoms with Gasteiger partial charge < -0.3 is 5.32 Å². The molecule has 0 unspecified atom stereocenters. The van der Waals surface area contributed by atoms with E-state index >= 15 is 0 Å². The molecule has 15 heavy (non-hydrogen) atoms. The first-order valence-corrected chi connectivity index (χ1v) is 4.71. The molecule has 1 nitrogen and oxygen atoms in total. The van der Waals surface area contributed by atoms with E-state index < -0.39 is 0 Å². The standard InChI is InChI=1S/C13H12N.Li/c1-3-7-12(8-4-1)11-14-13-9-5-2-6-10-13;/h1-10H,11H2;/q-1;+1. The first kappa shape index (κ1) is 11.9. The van der Waals surface area contributed by atoms with Gasteiger partial charge in [0, 0.05) is 0 Å². The molecule has 0 bridgehead atoms. The van der Waals surface area contributed by atoms with Crippen molar-refractivity contribution < 1.29 is 18.9 Å². The van der Waals surface area contributed by atoms with Crippen LogP contribution in [0.4, 0.5) is 5.69 Å². The van der Waals surface area contributed by atoms with Gasteiger partial charge in [0.15, 0.2) is 0 Å². The van der Waals surface area contributed by atoms with Crippen molar-refractivity contribution >= 4 is 5.69 Å². The summed E-state index contributed by atoms with van der Waals surface area (Å²) >= 11 is 0. The first-order chi connectivity index (χ1) is 6.95. The summed E-state index contributed by atoms with van der Waals surface area (Å²) in [6.07, 6.45) is 0. The molecule has 0 spiro atoms. The fourth-order valence-corrected chi connectivity index (χ4v) is 1.30. The van der Waals surface area contributed by atoms with E-state index in [1.807, 2.05) is 48.5 Å². The van der Waals surface area contributed by atoms with Crippen LogP contribution in [-0.4, -0.2) is 0 Å². The Hall–Kier alpha value is -1.16. The molecule has 0 saturated heterocycles. The molecule has 0 amide bonds. The molecule has 0 aliphatic rings. The zero-order chi connectivity index (χ0) is 9.64. The predicted octanol–water partition coefficient (Wildman–Crippen LogP) is 0.896. The van der Waals surface area contributed by atoms with Crippen molar-refractivity contribution in [2.45, 2.75) is 6.54 Å². The van der Waals surface area contributed by atoms with E-state index in [4.69, 9.17) is 0 Å². The molecule has 0 aliphatic heterocycles. The van der Waals surface area contributed by atoms with E-state index in [1.54, 1.807) is 0 Å². The van der Waals surface area contributed by atoms with Crippen molar-refractivity contribution in [1.82, 2.24) is 0 Å². The fraction of sp³-hybridized carbons (Fsp3) is 0.0769. The molecule has 2 heteroatoms. The molecule has 0 N–H and O–H groups in total. The average molecular weight is 189 g/mol. The van der Waals surface area contributed by atoms with E-state index in [0.717, 1.165) is 12.2 Å². The Morgan fingerprint density at radius 3 is 1.87 bits per heavy atom. The van der Waals surface area contributed by atoms with Crippen molar-refractivity contribution in [3.05, 3.63) is 71.5 Å². The summed E-state index contributed by atoms with van der Waals surface area (Å²) in [5, 5.41) is 4.48. The van der Waals surface area contributed by atoms with Gasteiger partial charge >= 0.3 is 18.9 Å². The number of rotatable bonds is 3. The van der Waals surface area contributed by atoms with Gasteiger partial charge in [-0.3, -0.25) is 0 Å². The zero-order valence-electron chi connectivity index (χ0n) is 8.93. The van der Waals surface area contributed by atoms with Crippen molar-refractivity contribution in [2.24, 2.45) is 0 Å². The molecule has 0 atom stereocenters. The van der Waals surface area contributed by atoms with Crippen molar-refractivity contribution in [3.8, 4) is 0 Å². The normalized spacial score (nSPS) is 9.07. The molecule has 0 fully saturated rings. The maximum absolute atomic E-state index is 4.48. The molecule has 2 aromatic rings. The van der Waals surface area contributed by atoms with Gasteiger partial charge in [0.25, 0.3) is 0 Å². The van der Waals surface area contributed by atoms with Crippen LogP contribution >= 0.6 is 0 Å². The molecule has 2 rings (SSSR count). The number of hydrogen-bond donors (Lipinski definition) is 0. The van der Waals surface area contributed by atoms with E-state index in [2.05, 4.69) is 17.4 Å². The molecule has 0 heterocycles. The Morgan fingerprint density at radius 1 is 0.733 bits per heavy atom. The Morgan fingerprint density at radius 2 is 1.27 bits per heavy atom. The van der Waals surface area contributed by atoms with E-state index in [1.165, 1.54) is 5.56 Å². The average Bonchev–Trinajstić information content (AvgIpc) is 2.29. The van der Waals surface area contributed by atoms with Crippen LogP contribution in [-0.2, 0) is 6.54 Å². The van der Waals surface area contributed by atoms with Gasteiger partial charge in [-0.2, -0.15) is 0 Å². The summed E-state index contributed by atoms with van der Waals surface area (Å²) in [5.41, 5.74) is 2.28. The Kier molecular flexibility index (Phi) is 5.04. The predicted molar refractivity (Wildman–Crippen MR) is 59.6 cm³/mol. The molecule has 2 aromatic carbocycles. The minimum absolute atomic E-state index is 0. The Labute approximate surface area is 103 Å². The number of benzene rings is 2. The zero-order valence-corrected chi connectivity index (χ0v) is 8.93. The SMILES string of the molecule is [Li+].c1ccc(C[N-]c2ccccc2)cc1. The smallest absolute Gasteiger partial charge is 0.681 e. The quantitative estimate of drug-likeness (QED) is 0.637. The Bertz CT molecular complexity index is 333. The monoisotopic (exact) mass is 189 g/mol. The minimum atomic E-state index is 0. The second-order valence-electron chi connectivity index (χ2n) is 3.14. The third-order valence-corrected chi connectivity index (χ3v) is 2.04. The van der Waals surface area contributed by atoms with Crippen molar-refractivity contribution in [2.75, 3.05) is 0 Å². The summed E-state index contributed by atoms with van der Waals surface area (Å²) in [6, 6.07) is 20.3. The topological polar surface area (TPSA) is 14.1 Å². The molecule has 70 valence electrons. The molecule has 0 aliphatic carbocycles. The van der Waals surface area contributed by atoms with Crippen LogP contribution < -0.4 is 18.9 Å². The van der Waals surface area contributed by atoms with Crippen molar-refractivity contribution in [3.63, 3.8) is 0 Å². The van der Waals surface area contributed by atoms with Crippen molar-refractivity contribution in [1.29, 1.82) is 0 Å². The molecular weight excluding hydrogens is 177 g/mol. The van der Waals surface area contributed by atoms with Crippen LogP contribution in [0.1, 0.15) is 5.56 Å². The van der Waals surface area contributed by atoms with Crippen LogP contribution in [0.3, 0.4) is 0 Å². The third-order valence-electron chi connectivity index (χ3n) is 2.04. The van der Waals surface area contributed by atoms with Gasteiger partial charge in [-0.25, -0.2) is 0 Å². The second kappa shape index (κ2) is 6.35. The van der Waals surface area contributed by atoms with Gasteiger partial charge in [0.1, 0.15) is 0 Å². The van der Waals surface area contributed by atoms with Gasteiger partial charge in [-0.05, 0) is 0 Å². The summed E-state index contributed by atoms with van der Waals surface area (Å²) in [6.45, 7) is 0.755. The number of hydrogen-bond acceptors (Lipinski definition) is 0. The molecule has 0 saturated carbocycles.